The zero-order chi connectivity index (χ0) is 17.6. The van der Waals surface area contributed by atoms with Crippen LogP contribution in [-0.2, 0) is 4.57 Å². The Bertz CT molecular complexity index is 724. The molecule has 0 amide bonds. The quantitative estimate of drug-likeness (QED) is 0.390. The second kappa shape index (κ2) is 8.85. The number of benzene rings is 2. The van der Waals surface area contributed by atoms with Gasteiger partial charge < -0.3 is 4.57 Å². The van der Waals surface area contributed by atoms with Gasteiger partial charge in [-0.2, -0.15) is 0 Å². The first-order chi connectivity index (χ1) is 11.5. The van der Waals surface area contributed by atoms with Gasteiger partial charge in [0, 0.05) is 11.5 Å². The van der Waals surface area contributed by atoms with E-state index in [1.165, 1.54) is 0 Å². The van der Waals surface area contributed by atoms with Crippen molar-refractivity contribution in [2.45, 2.75) is 32.6 Å². The van der Waals surface area contributed by atoms with Gasteiger partial charge in [-0.3, -0.25) is 4.79 Å². The fourth-order valence-corrected chi connectivity index (χ4v) is 5.98. The Morgan fingerprint density at radius 1 is 0.917 bits per heavy atom. The number of unbranched alkanes of at least 4 members (excludes halogenated alkanes) is 3. The van der Waals surface area contributed by atoms with E-state index in [4.69, 9.17) is 23.2 Å². The lowest BCUT2D eigenvalue weighted by Crippen LogP contribution is -2.16. The van der Waals surface area contributed by atoms with Crippen LogP contribution < -0.4 is 5.30 Å². The van der Waals surface area contributed by atoms with Crippen LogP contribution in [0.25, 0.3) is 0 Å². The number of carbonyl (C=O) groups is 1. The van der Waals surface area contributed by atoms with E-state index >= 15 is 0 Å². The van der Waals surface area contributed by atoms with Crippen molar-refractivity contribution >= 4 is 41.2 Å². The van der Waals surface area contributed by atoms with Gasteiger partial charge in [0.15, 0.2) is 7.14 Å². The predicted molar refractivity (Wildman–Crippen MR) is 103 cm³/mol. The molecule has 0 heterocycles. The summed E-state index contributed by atoms with van der Waals surface area (Å²) in [6.07, 6.45) is 4.19. The molecule has 0 aliphatic heterocycles. The fraction of sp³-hybridized carbons (Fsp3) is 0.316. The Labute approximate surface area is 153 Å². The second-order valence-corrected chi connectivity index (χ2v) is 9.42. The summed E-state index contributed by atoms with van der Waals surface area (Å²) in [5.41, 5.74) is -0.274. The number of halogens is 2. The molecule has 128 valence electrons. The van der Waals surface area contributed by atoms with Crippen LogP contribution in [0.1, 0.15) is 43.0 Å². The van der Waals surface area contributed by atoms with E-state index in [9.17, 15) is 9.36 Å². The second-order valence-electron chi connectivity index (χ2n) is 5.76. The van der Waals surface area contributed by atoms with E-state index in [0.717, 1.165) is 25.7 Å². The number of hydrogen-bond acceptors (Lipinski definition) is 2. The molecule has 2 aromatic rings. The summed E-state index contributed by atoms with van der Waals surface area (Å²) in [6, 6.07) is 13.8. The summed E-state index contributed by atoms with van der Waals surface area (Å²) in [5.74, 6) is 0. The summed E-state index contributed by atoms with van der Waals surface area (Å²) in [4.78, 5) is 13.1. The molecular weight excluding hydrogens is 362 g/mol. The summed E-state index contributed by atoms with van der Waals surface area (Å²) < 4.78 is 13.7. The van der Waals surface area contributed by atoms with Crippen LogP contribution in [0.2, 0.25) is 10.0 Å². The van der Waals surface area contributed by atoms with Gasteiger partial charge in [-0.1, -0.05) is 85.8 Å². The van der Waals surface area contributed by atoms with Crippen molar-refractivity contribution in [3.05, 3.63) is 64.1 Å². The van der Waals surface area contributed by atoms with Crippen LogP contribution >= 0.6 is 30.3 Å². The highest BCUT2D eigenvalue weighted by atomic mass is 35.5. The molecule has 0 spiro atoms. The molecule has 2 aromatic carbocycles. The molecule has 0 saturated heterocycles. The van der Waals surface area contributed by atoms with Crippen LogP contribution in [0, 0.1) is 0 Å². The lowest BCUT2D eigenvalue weighted by molar-refractivity contribution is 0.107. The monoisotopic (exact) mass is 382 g/mol. The minimum absolute atomic E-state index is 0.170. The molecule has 2 nitrogen and oxygen atoms in total. The highest BCUT2D eigenvalue weighted by Gasteiger charge is 2.36. The van der Waals surface area contributed by atoms with Gasteiger partial charge in [0.1, 0.15) is 0 Å². The normalized spacial score (nSPS) is 13.5. The van der Waals surface area contributed by atoms with Crippen molar-refractivity contribution in [2.24, 2.45) is 0 Å². The van der Waals surface area contributed by atoms with Gasteiger partial charge in [0.05, 0.1) is 15.6 Å². The van der Waals surface area contributed by atoms with Gasteiger partial charge in [-0.15, -0.1) is 0 Å². The lowest BCUT2D eigenvalue weighted by Gasteiger charge is -2.19. The molecule has 0 fully saturated rings. The third-order valence-corrected chi connectivity index (χ3v) is 7.59. The van der Waals surface area contributed by atoms with Gasteiger partial charge in [-0.25, -0.2) is 0 Å². The van der Waals surface area contributed by atoms with Gasteiger partial charge >= 0.3 is 0 Å². The highest BCUT2D eigenvalue weighted by molar-refractivity contribution is 7.87. The van der Waals surface area contributed by atoms with E-state index in [-0.39, 0.29) is 15.6 Å². The number of carbonyl (C=O) groups excluding carboxylic acids is 1. The Balaban J connectivity index is 2.42. The SMILES string of the molecule is CCCCCCP(=O)(C(=O)c1c(Cl)cccc1Cl)c1ccccc1. The van der Waals surface area contributed by atoms with Crippen molar-refractivity contribution in [2.75, 3.05) is 6.16 Å². The Morgan fingerprint density at radius 2 is 1.54 bits per heavy atom. The first kappa shape index (κ1) is 19.2. The third-order valence-electron chi connectivity index (χ3n) is 4.00. The van der Waals surface area contributed by atoms with Crippen LogP contribution in [0.4, 0.5) is 0 Å². The minimum Gasteiger partial charge on any atom is -0.310 e. The summed E-state index contributed by atoms with van der Waals surface area (Å²) in [7, 11) is -3.29. The molecule has 2 rings (SSSR count). The van der Waals surface area contributed by atoms with Crippen LogP contribution in [-0.4, -0.2) is 11.7 Å². The maximum Gasteiger partial charge on any atom is 0.228 e. The van der Waals surface area contributed by atoms with Gasteiger partial charge in [0.25, 0.3) is 0 Å². The average molecular weight is 383 g/mol. The number of hydrogen-bond donors (Lipinski definition) is 0. The Kier molecular flexibility index (Phi) is 7.10. The average Bonchev–Trinajstić information content (AvgIpc) is 2.59. The smallest absolute Gasteiger partial charge is 0.228 e. The van der Waals surface area contributed by atoms with Crippen molar-refractivity contribution in [3.63, 3.8) is 0 Å². The van der Waals surface area contributed by atoms with E-state index < -0.39 is 12.7 Å². The molecule has 0 N–H and O–H groups in total. The molecule has 5 heteroatoms. The molecule has 0 aromatic heterocycles. The van der Waals surface area contributed by atoms with Crippen LogP contribution in [0.15, 0.2) is 48.5 Å². The lowest BCUT2D eigenvalue weighted by atomic mass is 10.2. The molecule has 1 atom stereocenters. The largest absolute Gasteiger partial charge is 0.310 e. The molecule has 0 aliphatic carbocycles. The molecule has 0 saturated carbocycles. The van der Waals surface area contributed by atoms with Crippen molar-refractivity contribution in [1.82, 2.24) is 0 Å². The summed E-state index contributed by atoms with van der Waals surface area (Å²) in [6.45, 7) is 2.12. The van der Waals surface area contributed by atoms with Gasteiger partial charge in [0.2, 0.25) is 5.52 Å². The van der Waals surface area contributed by atoms with Crippen molar-refractivity contribution in [1.29, 1.82) is 0 Å². The van der Waals surface area contributed by atoms with E-state index in [0.29, 0.717) is 11.5 Å². The topological polar surface area (TPSA) is 34.1 Å². The Morgan fingerprint density at radius 3 is 2.12 bits per heavy atom. The standard InChI is InChI=1S/C19H21Cl2O2P/c1-2-3-4-8-14-24(23,15-10-6-5-7-11-15)19(22)18-16(20)12-9-13-17(18)21/h5-7,9-13H,2-4,8,14H2,1H3. The Hall–Kier alpha value is -1.08. The van der Waals surface area contributed by atoms with Crippen LogP contribution in [0.3, 0.4) is 0 Å². The van der Waals surface area contributed by atoms with E-state index in [1.54, 1.807) is 42.5 Å². The maximum atomic E-state index is 13.7. The predicted octanol–water partition coefficient (Wildman–Crippen LogP) is 6.40. The molecule has 24 heavy (non-hydrogen) atoms. The fourth-order valence-electron chi connectivity index (χ4n) is 2.66. The summed E-state index contributed by atoms with van der Waals surface area (Å²) >= 11 is 12.4. The van der Waals surface area contributed by atoms with Crippen molar-refractivity contribution < 1.29 is 9.36 Å². The van der Waals surface area contributed by atoms with E-state index in [2.05, 4.69) is 6.92 Å². The van der Waals surface area contributed by atoms with Crippen LogP contribution in [0.5, 0.6) is 0 Å². The molecular formula is C19H21Cl2O2P. The molecule has 1 unspecified atom stereocenters. The van der Waals surface area contributed by atoms with Crippen molar-refractivity contribution in [3.8, 4) is 0 Å². The first-order valence-corrected chi connectivity index (χ1v) is 10.8. The molecule has 0 radical (unpaired) electrons. The number of rotatable bonds is 8. The zero-order valence-corrected chi connectivity index (χ0v) is 16.1. The van der Waals surface area contributed by atoms with E-state index in [1.807, 2.05) is 6.07 Å². The first-order valence-electron chi connectivity index (χ1n) is 8.14. The van der Waals surface area contributed by atoms with Gasteiger partial charge in [-0.05, 0) is 18.6 Å². The molecule has 0 bridgehead atoms. The zero-order valence-electron chi connectivity index (χ0n) is 13.7. The summed E-state index contributed by atoms with van der Waals surface area (Å²) in [5, 5.41) is 1.07. The highest BCUT2D eigenvalue weighted by Crippen LogP contribution is 2.50. The molecule has 0 aliphatic rings. The maximum absolute atomic E-state index is 13.7. The third kappa shape index (κ3) is 4.30. The minimum atomic E-state index is -3.29.